The number of hydrogen-bond donors (Lipinski definition) is 2. The molecule has 132 valence electrons. The van der Waals surface area contributed by atoms with Crippen molar-refractivity contribution in [1.29, 1.82) is 10.5 Å². The molecule has 3 N–H and O–H groups in total. The van der Waals surface area contributed by atoms with Crippen LogP contribution in [0.1, 0.15) is 16.8 Å². The van der Waals surface area contributed by atoms with E-state index in [-0.39, 0.29) is 57.1 Å². The Bertz CT molecular complexity index is 1000. The maximum Gasteiger partial charge on any atom is 0.288 e. The second kappa shape index (κ2) is 7.85. The SMILES string of the molecule is N#C/C(=C\c1cc([N+](=O)[O-])c(Cl)cc1Cl)c1nn(CCO)c(N)c1C#N. The number of nitro benzene ring substituents is 1. The molecule has 0 atom stereocenters. The Kier molecular flexibility index (Phi) is 5.80. The van der Waals surface area contributed by atoms with Crippen molar-refractivity contribution >= 4 is 46.4 Å². The second-order valence-electron chi connectivity index (χ2n) is 4.92. The lowest BCUT2D eigenvalue weighted by atomic mass is 10.1. The summed E-state index contributed by atoms with van der Waals surface area (Å²) in [6.07, 6.45) is 1.25. The van der Waals surface area contributed by atoms with Crippen molar-refractivity contribution in [2.45, 2.75) is 6.54 Å². The highest BCUT2D eigenvalue weighted by Gasteiger charge is 2.20. The van der Waals surface area contributed by atoms with Gasteiger partial charge in [-0.05, 0) is 12.1 Å². The lowest BCUT2D eigenvalue weighted by molar-refractivity contribution is -0.384. The number of nitrogens with two attached hydrogens (primary N) is 1. The summed E-state index contributed by atoms with van der Waals surface area (Å²) in [5.74, 6) is -0.00844. The number of rotatable bonds is 5. The van der Waals surface area contributed by atoms with Crippen LogP contribution in [-0.2, 0) is 6.54 Å². The van der Waals surface area contributed by atoms with Crippen molar-refractivity contribution in [1.82, 2.24) is 9.78 Å². The molecule has 1 aromatic heterocycles. The number of benzene rings is 1. The Labute approximate surface area is 157 Å². The number of halogens is 2. The number of hydrogen-bond acceptors (Lipinski definition) is 7. The van der Waals surface area contributed by atoms with E-state index in [4.69, 9.17) is 34.0 Å². The number of allylic oxidation sites excluding steroid dienone is 1. The van der Waals surface area contributed by atoms with Gasteiger partial charge in [-0.3, -0.25) is 10.1 Å². The number of aliphatic hydroxyl groups excluding tert-OH is 1. The van der Waals surface area contributed by atoms with Crippen LogP contribution in [-0.4, -0.2) is 26.4 Å². The Morgan fingerprint density at radius 1 is 1.42 bits per heavy atom. The molecule has 0 radical (unpaired) electrons. The van der Waals surface area contributed by atoms with Crippen molar-refractivity contribution in [3.63, 3.8) is 0 Å². The summed E-state index contributed by atoms with van der Waals surface area (Å²) in [5, 5.41) is 42.8. The summed E-state index contributed by atoms with van der Waals surface area (Å²) in [4.78, 5) is 10.3. The fourth-order valence-electron chi connectivity index (χ4n) is 2.15. The molecule has 0 fully saturated rings. The third kappa shape index (κ3) is 3.60. The molecule has 0 unspecified atom stereocenters. The first-order valence-electron chi connectivity index (χ1n) is 6.96. The zero-order valence-corrected chi connectivity index (χ0v) is 14.5. The zero-order valence-electron chi connectivity index (χ0n) is 13.0. The van der Waals surface area contributed by atoms with E-state index >= 15 is 0 Å². The van der Waals surface area contributed by atoms with Crippen LogP contribution in [0, 0.1) is 32.8 Å². The van der Waals surface area contributed by atoms with Crippen molar-refractivity contribution < 1.29 is 10.0 Å². The normalized spacial score (nSPS) is 11.0. The number of nitrogens with zero attached hydrogens (tertiary/aromatic N) is 5. The molecule has 11 heteroatoms. The van der Waals surface area contributed by atoms with E-state index in [1.54, 1.807) is 0 Å². The number of anilines is 1. The molecule has 2 aromatic rings. The highest BCUT2D eigenvalue weighted by Crippen LogP contribution is 2.33. The summed E-state index contributed by atoms with van der Waals surface area (Å²) in [5.41, 5.74) is 5.42. The quantitative estimate of drug-likeness (QED) is 0.449. The molecule has 0 saturated carbocycles. The summed E-state index contributed by atoms with van der Waals surface area (Å²) < 4.78 is 1.19. The number of aromatic nitrogens is 2. The van der Waals surface area contributed by atoms with Crippen LogP contribution in [0.25, 0.3) is 11.6 Å². The molecule has 0 amide bonds. The molecule has 0 aliphatic heterocycles. The van der Waals surface area contributed by atoms with Gasteiger partial charge in [0.2, 0.25) is 0 Å². The third-order valence-corrected chi connectivity index (χ3v) is 3.98. The van der Waals surface area contributed by atoms with Crippen LogP contribution in [0.5, 0.6) is 0 Å². The molecule has 0 saturated heterocycles. The van der Waals surface area contributed by atoms with E-state index in [2.05, 4.69) is 5.10 Å². The van der Waals surface area contributed by atoms with Gasteiger partial charge in [-0.25, -0.2) is 4.68 Å². The monoisotopic (exact) mass is 392 g/mol. The fraction of sp³-hybridized carbons (Fsp3) is 0.133. The Morgan fingerprint density at radius 3 is 2.65 bits per heavy atom. The summed E-state index contributed by atoms with van der Waals surface area (Å²) in [7, 11) is 0. The number of nitro groups is 1. The predicted molar refractivity (Wildman–Crippen MR) is 95.0 cm³/mol. The van der Waals surface area contributed by atoms with Gasteiger partial charge in [0.1, 0.15) is 34.2 Å². The summed E-state index contributed by atoms with van der Waals surface area (Å²) in [6.45, 7) is -0.233. The maximum absolute atomic E-state index is 11.0. The standard InChI is InChI=1S/C15H10Cl2N6O3/c16-11-5-12(17)13(23(25)26)4-8(11)3-9(6-18)14-10(7-19)15(20)22(21-14)1-2-24/h3-5,24H,1-2,20H2/b9-3+. The highest BCUT2D eigenvalue weighted by atomic mass is 35.5. The predicted octanol–water partition coefficient (Wildman–Crippen LogP) is 2.61. The van der Waals surface area contributed by atoms with E-state index < -0.39 is 4.92 Å². The van der Waals surface area contributed by atoms with E-state index in [1.165, 1.54) is 16.8 Å². The average molecular weight is 393 g/mol. The molecule has 9 nitrogen and oxygen atoms in total. The molecule has 0 bridgehead atoms. The van der Waals surface area contributed by atoms with Crippen molar-refractivity contribution in [3.05, 3.63) is 49.1 Å². The van der Waals surface area contributed by atoms with E-state index in [1.807, 2.05) is 12.1 Å². The van der Waals surface area contributed by atoms with Crippen LogP contribution in [0.2, 0.25) is 10.0 Å². The average Bonchev–Trinajstić information content (AvgIpc) is 2.90. The second-order valence-corrected chi connectivity index (χ2v) is 5.73. The van der Waals surface area contributed by atoms with Gasteiger partial charge in [-0.2, -0.15) is 15.6 Å². The van der Waals surface area contributed by atoms with E-state index in [0.29, 0.717) is 0 Å². The van der Waals surface area contributed by atoms with Gasteiger partial charge in [0.15, 0.2) is 0 Å². The Morgan fingerprint density at radius 2 is 2.12 bits per heavy atom. The first-order chi connectivity index (χ1) is 12.3. The molecule has 0 aliphatic carbocycles. The van der Waals surface area contributed by atoms with Crippen LogP contribution in [0.3, 0.4) is 0 Å². The molecular weight excluding hydrogens is 383 g/mol. The smallest absolute Gasteiger partial charge is 0.288 e. The number of aliphatic hydroxyl groups is 1. The first-order valence-corrected chi connectivity index (χ1v) is 7.72. The van der Waals surface area contributed by atoms with Gasteiger partial charge in [-0.15, -0.1) is 0 Å². The Balaban J connectivity index is 2.66. The minimum atomic E-state index is -0.684. The van der Waals surface area contributed by atoms with Gasteiger partial charge < -0.3 is 10.8 Å². The maximum atomic E-state index is 11.0. The van der Waals surface area contributed by atoms with Gasteiger partial charge in [-0.1, -0.05) is 23.2 Å². The van der Waals surface area contributed by atoms with Crippen LogP contribution in [0.4, 0.5) is 11.5 Å². The fourth-order valence-corrected chi connectivity index (χ4v) is 2.66. The molecule has 0 aliphatic rings. The van der Waals surface area contributed by atoms with Crippen LogP contribution < -0.4 is 5.73 Å². The summed E-state index contributed by atoms with van der Waals surface area (Å²) in [6, 6.07) is 6.02. The van der Waals surface area contributed by atoms with E-state index in [9.17, 15) is 20.6 Å². The minimum absolute atomic E-state index is 0.00844. The lowest BCUT2D eigenvalue weighted by Crippen LogP contribution is -2.07. The molecule has 1 heterocycles. The number of nitrogen functional groups attached to an aromatic ring is 1. The first kappa shape index (κ1) is 19.2. The van der Waals surface area contributed by atoms with Crippen molar-refractivity contribution in [2.75, 3.05) is 12.3 Å². The molecule has 2 rings (SSSR count). The van der Waals surface area contributed by atoms with Crippen molar-refractivity contribution in [3.8, 4) is 12.1 Å². The van der Waals surface area contributed by atoms with Crippen LogP contribution >= 0.6 is 23.2 Å². The Hall–Kier alpha value is -3.11. The molecule has 1 aromatic carbocycles. The van der Waals surface area contributed by atoms with Gasteiger partial charge in [0, 0.05) is 16.7 Å². The van der Waals surface area contributed by atoms with E-state index in [0.717, 1.165) is 6.07 Å². The topological polar surface area (TPSA) is 155 Å². The molecular formula is C15H10Cl2N6O3. The van der Waals surface area contributed by atoms with Gasteiger partial charge in [0.25, 0.3) is 5.69 Å². The highest BCUT2D eigenvalue weighted by molar-refractivity contribution is 6.37. The largest absolute Gasteiger partial charge is 0.394 e. The summed E-state index contributed by atoms with van der Waals surface area (Å²) >= 11 is 11.8. The van der Waals surface area contributed by atoms with Crippen LogP contribution in [0.15, 0.2) is 12.1 Å². The number of nitriles is 2. The molecule has 0 spiro atoms. The van der Waals surface area contributed by atoms with Gasteiger partial charge in [0.05, 0.1) is 23.6 Å². The third-order valence-electron chi connectivity index (χ3n) is 3.35. The molecule has 26 heavy (non-hydrogen) atoms. The lowest BCUT2D eigenvalue weighted by Gasteiger charge is -2.02. The minimum Gasteiger partial charge on any atom is -0.394 e. The van der Waals surface area contributed by atoms with Crippen molar-refractivity contribution in [2.24, 2.45) is 0 Å². The zero-order chi connectivity index (χ0) is 19.4. The van der Waals surface area contributed by atoms with Gasteiger partial charge >= 0.3 is 0 Å².